The molecule has 3 aromatic rings. The quantitative estimate of drug-likeness (QED) is 0.108. The molecule has 2 atom stereocenters. The van der Waals surface area contributed by atoms with Gasteiger partial charge in [0.1, 0.15) is 12.2 Å². The molecule has 2 unspecified atom stereocenters. The Kier molecular flexibility index (Phi) is 15.2. The van der Waals surface area contributed by atoms with Crippen molar-refractivity contribution < 1.29 is 59.7 Å². The van der Waals surface area contributed by atoms with Crippen LogP contribution in [0.5, 0.6) is 0 Å². The van der Waals surface area contributed by atoms with Gasteiger partial charge >= 0.3 is 12.4 Å². The standard InChI is InChI=1S/C19H17F3N2O3.C10H7F3O2.C9H14N2O3/c1-18(2)26-11-13(27-18)10-24-15(12-7-5-4-6-8-12)9-14(19(20,21)22)16(23-3)17(24)25;11-10(12,13)9(15)6-8(14)7-4-2-1-3-5-7;1-9(2)13-6-7(14-9)4-11-8(12)5-10-3/h4-9,13H,10-11H2,1-2H3;1-5H,6H2;7H,4-6H2,1-2H3,(H,11,12). The summed E-state index contributed by atoms with van der Waals surface area (Å²) in [5, 5.41) is 2.61. The van der Waals surface area contributed by atoms with Gasteiger partial charge in [-0.25, -0.2) is 11.4 Å². The Labute approximate surface area is 317 Å². The maximum atomic E-state index is 13.4. The molecule has 2 fully saturated rings. The Morgan fingerprint density at radius 1 is 0.857 bits per heavy atom. The van der Waals surface area contributed by atoms with Gasteiger partial charge in [0.05, 0.1) is 38.3 Å². The van der Waals surface area contributed by atoms with E-state index in [9.17, 15) is 45.5 Å². The van der Waals surface area contributed by atoms with Gasteiger partial charge in [-0.1, -0.05) is 60.7 Å². The van der Waals surface area contributed by atoms with E-state index < -0.39 is 64.8 Å². The fourth-order valence-corrected chi connectivity index (χ4v) is 5.24. The van der Waals surface area contributed by atoms with Crippen LogP contribution in [0.15, 0.2) is 71.5 Å². The number of aromatic nitrogens is 1. The summed E-state index contributed by atoms with van der Waals surface area (Å²) in [7, 11) is 0. The first kappa shape index (κ1) is 45.0. The number of halogens is 6. The molecule has 2 aromatic carbocycles. The van der Waals surface area contributed by atoms with Crippen molar-refractivity contribution >= 4 is 23.2 Å². The summed E-state index contributed by atoms with van der Waals surface area (Å²) in [6, 6.07) is 16.5. The summed E-state index contributed by atoms with van der Waals surface area (Å²) in [5.74, 6) is -4.51. The molecule has 0 saturated carbocycles. The normalized spacial score (nSPS) is 18.2. The van der Waals surface area contributed by atoms with Gasteiger partial charge in [-0.15, -0.1) is 0 Å². The van der Waals surface area contributed by atoms with Gasteiger partial charge in [0, 0.05) is 17.8 Å². The molecule has 2 saturated heterocycles. The van der Waals surface area contributed by atoms with Crippen LogP contribution in [0.4, 0.5) is 32.0 Å². The second-order valence-electron chi connectivity index (χ2n) is 13.1. The molecule has 1 amide bonds. The summed E-state index contributed by atoms with van der Waals surface area (Å²) in [6.07, 6.45) is -11.5. The van der Waals surface area contributed by atoms with Crippen molar-refractivity contribution in [2.45, 2.75) is 76.8 Å². The number of nitrogens with one attached hydrogen (secondary N) is 1. The Bertz CT molecular complexity index is 1990. The van der Waals surface area contributed by atoms with Crippen molar-refractivity contribution in [1.29, 1.82) is 0 Å². The third kappa shape index (κ3) is 13.4. The van der Waals surface area contributed by atoms with Crippen molar-refractivity contribution in [1.82, 2.24) is 9.88 Å². The van der Waals surface area contributed by atoms with Crippen molar-refractivity contribution in [2.24, 2.45) is 0 Å². The minimum Gasteiger partial charge on any atom is -0.348 e. The predicted molar refractivity (Wildman–Crippen MR) is 188 cm³/mol. The van der Waals surface area contributed by atoms with E-state index in [-0.39, 0.29) is 43.0 Å². The van der Waals surface area contributed by atoms with Crippen LogP contribution >= 0.6 is 0 Å². The van der Waals surface area contributed by atoms with E-state index in [0.29, 0.717) is 18.7 Å². The van der Waals surface area contributed by atoms with Gasteiger partial charge in [-0.3, -0.25) is 19.2 Å². The lowest BCUT2D eigenvalue weighted by atomic mass is 10.1. The van der Waals surface area contributed by atoms with E-state index >= 15 is 0 Å². The highest BCUT2D eigenvalue weighted by atomic mass is 19.4. The molecule has 5 rings (SSSR count). The number of pyridine rings is 1. The second-order valence-corrected chi connectivity index (χ2v) is 13.1. The first-order chi connectivity index (χ1) is 26.1. The van der Waals surface area contributed by atoms with Crippen molar-refractivity contribution in [3.05, 3.63) is 111 Å². The predicted octanol–water partition coefficient (Wildman–Crippen LogP) is 6.80. The number of hydrogen-bond donors (Lipinski definition) is 1. The number of alkyl halides is 6. The number of rotatable bonds is 9. The molecule has 0 radical (unpaired) electrons. The molecule has 3 heterocycles. The molecule has 12 nitrogen and oxygen atoms in total. The zero-order valence-corrected chi connectivity index (χ0v) is 30.6. The van der Waals surface area contributed by atoms with Gasteiger partial charge in [0.25, 0.3) is 23.7 Å². The molecule has 18 heteroatoms. The van der Waals surface area contributed by atoms with Crippen molar-refractivity contribution in [2.75, 3.05) is 26.3 Å². The molecule has 1 aromatic heterocycles. The number of nitrogens with zero attached hydrogens (tertiary/aromatic N) is 3. The molecule has 300 valence electrons. The first-order valence-electron chi connectivity index (χ1n) is 16.8. The summed E-state index contributed by atoms with van der Waals surface area (Å²) in [5.41, 5.74) is -2.55. The number of hydrogen-bond acceptors (Lipinski definition) is 8. The molecule has 2 aliphatic rings. The fraction of sp³-hybridized carbons (Fsp3) is 0.421. The molecular weight excluding hydrogens is 754 g/mol. The zero-order valence-electron chi connectivity index (χ0n) is 30.6. The first-order valence-corrected chi connectivity index (χ1v) is 16.8. The number of Topliss-reactive ketones (excluding diaryl/α,β-unsaturated/α-hetero) is 2. The monoisotopic (exact) mass is 792 g/mol. The number of carbonyl (C=O) groups is 3. The van der Waals surface area contributed by atoms with Gasteiger partial charge in [-0.05, 0) is 39.3 Å². The Morgan fingerprint density at radius 2 is 1.39 bits per heavy atom. The van der Waals surface area contributed by atoms with Crippen LogP contribution in [0.2, 0.25) is 0 Å². The van der Waals surface area contributed by atoms with E-state index in [1.54, 1.807) is 50.2 Å². The Balaban J connectivity index is 0.000000246. The van der Waals surface area contributed by atoms with E-state index in [2.05, 4.69) is 15.0 Å². The molecular formula is C38H38F6N4O8. The lowest BCUT2D eigenvalue weighted by molar-refractivity contribution is -0.170. The van der Waals surface area contributed by atoms with Gasteiger partial charge in [-0.2, -0.15) is 26.3 Å². The van der Waals surface area contributed by atoms with Crippen LogP contribution in [0.3, 0.4) is 0 Å². The number of ketones is 2. The molecule has 0 bridgehead atoms. The highest BCUT2D eigenvalue weighted by molar-refractivity contribution is 6.09. The van der Waals surface area contributed by atoms with Crippen LogP contribution in [-0.2, 0) is 41.3 Å². The smallest absolute Gasteiger partial charge is 0.348 e. The number of amides is 1. The third-order valence-electron chi connectivity index (χ3n) is 7.76. The fourth-order valence-electron chi connectivity index (χ4n) is 5.24. The van der Waals surface area contributed by atoms with E-state index in [4.69, 9.17) is 32.1 Å². The highest BCUT2D eigenvalue weighted by Gasteiger charge is 2.40. The largest absolute Gasteiger partial charge is 0.450 e. The lowest BCUT2D eigenvalue weighted by Crippen LogP contribution is -2.35. The SMILES string of the molecule is O=C(CC(=O)C(F)(F)F)c1ccccc1.[C-]#[N+]CC(=O)NCC1COC(C)(C)O1.[C-]#[N+]c1c(C(F)(F)F)cc(-c2ccccc2)n(CC2COC(C)(C)O2)c1=O. The van der Waals surface area contributed by atoms with Crippen LogP contribution in [0.25, 0.3) is 20.9 Å². The minimum atomic E-state index is -4.94. The van der Waals surface area contributed by atoms with Gasteiger partial charge in [0.2, 0.25) is 5.78 Å². The maximum absolute atomic E-state index is 13.4. The summed E-state index contributed by atoms with van der Waals surface area (Å²) < 4.78 is 98.8. The van der Waals surface area contributed by atoms with Gasteiger partial charge < -0.3 is 33.7 Å². The number of ether oxygens (including phenoxy) is 4. The Hall–Kier alpha value is -5.40. The van der Waals surface area contributed by atoms with Crippen LogP contribution in [0, 0.1) is 13.1 Å². The van der Waals surface area contributed by atoms with E-state index in [1.165, 1.54) is 24.3 Å². The summed E-state index contributed by atoms with van der Waals surface area (Å²) in [6.45, 7) is 21.6. The van der Waals surface area contributed by atoms with E-state index in [0.717, 1.165) is 10.6 Å². The van der Waals surface area contributed by atoms with Crippen LogP contribution in [0.1, 0.15) is 50.0 Å². The molecule has 56 heavy (non-hydrogen) atoms. The van der Waals surface area contributed by atoms with Crippen molar-refractivity contribution in [3.8, 4) is 11.3 Å². The molecule has 2 aliphatic heterocycles. The maximum Gasteiger partial charge on any atom is 0.450 e. The number of carbonyl (C=O) groups excluding carboxylic acids is 3. The summed E-state index contributed by atoms with van der Waals surface area (Å²) in [4.78, 5) is 51.2. The zero-order chi connectivity index (χ0) is 41.9. The molecule has 0 aliphatic carbocycles. The van der Waals surface area contributed by atoms with Crippen molar-refractivity contribution in [3.63, 3.8) is 0 Å². The van der Waals surface area contributed by atoms with Crippen LogP contribution < -0.4 is 10.9 Å². The van der Waals surface area contributed by atoms with Crippen LogP contribution in [-0.4, -0.2) is 78.3 Å². The third-order valence-corrected chi connectivity index (χ3v) is 7.76. The average molecular weight is 793 g/mol. The molecule has 1 N–H and O–H groups in total. The second kappa shape index (κ2) is 19.0. The average Bonchev–Trinajstić information content (AvgIpc) is 3.67. The topological polar surface area (TPSA) is 131 Å². The Morgan fingerprint density at radius 3 is 1.86 bits per heavy atom. The lowest BCUT2D eigenvalue weighted by Gasteiger charge is -2.21. The van der Waals surface area contributed by atoms with E-state index in [1.807, 2.05) is 13.8 Å². The number of benzene rings is 2. The van der Waals surface area contributed by atoms with Gasteiger partial charge in [0.15, 0.2) is 17.4 Å². The highest BCUT2D eigenvalue weighted by Crippen LogP contribution is 2.37. The molecule has 0 spiro atoms. The minimum absolute atomic E-state index is 0.0207. The summed E-state index contributed by atoms with van der Waals surface area (Å²) >= 11 is 0.